The number of aliphatic carboxylic acids is 1. The smallest absolute Gasteiger partial charge is 0.326 e. The molecule has 1 fully saturated rings. The van der Waals surface area contributed by atoms with Gasteiger partial charge in [-0.2, -0.15) is 0 Å². The van der Waals surface area contributed by atoms with Gasteiger partial charge in [0.1, 0.15) is 23.0 Å². The monoisotopic (exact) mass is 320 g/mol. The second-order valence-electron chi connectivity index (χ2n) is 5.53. The van der Waals surface area contributed by atoms with Gasteiger partial charge in [-0.3, -0.25) is 4.79 Å². The van der Waals surface area contributed by atoms with Crippen LogP contribution < -0.4 is 0 Å². The van der Waals surface area contributed by atoms with Crippen molar-refractivity contribution in [2.45, 2.75) is 25.8 Å². The van der Waals surface area contributed by atoms with Crippen molar-refractivity contribution < 1.29 is 19.1 Å². The number of likely N-dealkylation sites (tertiary alicyclic amines) is 1. The second-order valence-corrected chi connectivity index (χ2v) is 6.39. The minimum Gasteiger partial charge on any atom is -0.480 e. The van der Waals surface area contributed by atoms with Crippen molar-refractivity contribution in [1.29, 1.82) is 0 Å². The minimum absolute atomic E-state index is 0.294. The average Bonchev–Trinajstić information content (AvgIpc) is 3.17. The van der Waals surface area contributed by atoms with Crippen LogP contribution in [0.4, 0.5) is 0 Å². The molecule has 3 heterocycles. The molecule has 0 aromatic carbocycles. The minimum atomic E-state index is -0.954. The summed E-state index contributed by atoms with van der Waals surface area (Å²) in [4.78, 5) is 29.7. The molecule has 7 heteroatoms. The third-order valence-corrected chi connectivity index (χ3v) is 4.79. The van der Waals surface area contributed by atoms with Crippen LogP contribution in [-0.2, 0) is 4.79 Å². The summed E-state index contributed by atoms with van der Waals surface area (Å²) in [5.41, 5.74) is 1.10. The van der Waals surface area contributed by atoms with Gasteiger partial charge >= 0.3 is 5.97 Å². The van der Waals surface area contributed by atoms with Crippen molar-refractivity contribution in [2.75, 3.05) is 6.54 Å². The molecule has 1 aliphatic heterocycles. The molecular formula is C15H16N2O4S. The van der Waals surface area contributed by atoms with Crippen molar-refractivity contribution in [2.24, 2.45) is 5.92 Å². The zero-order chi connectivity index (χ0) is 15.7. The maximum Gasteiger partial charge on any atom is 0.326 e. The van der Waals surface area contributed by atoms with E-state index in [1.165, 1.54) is 16.2 Å². The Morgan fingerprint density at radius 3 is 3.00 bits per heavy atom. The molecule has 2 aromatic rings. The number of amides is 1. The highest BCUT2D eigenvalue weighted by Gasteiger charge is 2.35. The first-order chi connectivity index (χ1) is 10.6. The van der Waals surface area contributed by atoms with E-state index in [0.29, 0.717) is 29.6 Å². The van der Waals surface area contributed by atoms with Crippen molar-refractivity contribution in [3.8, 4) is 10.6 Å². The van der Waals surface area contributed by atoms with Gasteiger partial charge in [0, 0.05) is 17.5 Å². The molecule has 3 rings (SSSR count). The van der Waals surface area contributed by atoms with Gasteiger partial charge in [0.25, 0.3) is 5.91 Å². The predicted octanol–water partition coefficient (Wildman–Crippen LogP) is 2.73. The molecule has 1 N–H and O–H groups in total. The number of thiazole rings is 1. The summed E-state index contributed by atoms with van der Waals surface area (Å²) >= 11 is 1.34. The highest BCUT2D eigenvalue weighted by molar-refractivity contribution is 7.13. The third kappa shape index (κ3) is 2.76. The Labute approximate surface area is 131 Å². The molecule has 0 aliphatic carbocycles. The topological polar surface area (TPSA) is 83.6 Å². The van der Waals surface area contributed by atoms with Crippen LogP contribution in [-0.4, -0.2) is 39.5 Å². The maximum atomic E-state index is 12.6. The average molecular weight is 320 g/mol. The van der Waals surface area contributed by atoms with E-state index in [0.717, 1.165) is 12.0 Å². The van der Waals surface area contributed by atoms with Gasteiger partial charge in [-0.1, -0.05) is 6.92 Å². The van der Waals surface area contributed by atoms with E-state index in [4.69, 9.17) is 4.42 Å². The van der Waals surface area contributed by atoms with Gasteiger partial charge < -0.3 is 14.4 Å². The number of nitrogens with zero attached hydrogens (tertiary/aromatic N) is 2. The van der Waals surface area contributed by atoms with Crippen molar-refractivity contribution >= 4 is 23.2 Å². The van der Waals surface area contributed by atoms with Crippen LogP contribution in [0.3, 0.4) is 0 Å². The van der Waals surface area contributed by atoms with E-state index >= 15 is 0 Å². The highest BCUT2D eigenvalue weighted by Crippen LogP contribution is 2.27. The lowest BCUT2D eigenvalue weighted by molar-refractivity contribution is -0.144. The fourth-order valence-electron chi connectivity index (χ4n) is 2.66. The number of hydrogen-bond donors (Lipinski definition) is 1. The molecule has 1 amide bonds. The summed E-state index contributed by atoms with van der Waals surface area (Å²) in [5.74, 6) is -0.961. The lowest BCUT2D eigenvalue weighted by Gasteiger charge is -2.35. The van der Waals surface area contributed by atoms with E-state index in [2.05, 4.69) is 4.98 Å². The van der Waals surface area contributed by atoms with Crippen LogP contribution in [0, 0.1) is 5.92 Å². The molecule has 1 saturated heterocycles. The zero-order valence-electron chi connectivity index (χ0n) is 12.1. The molecule has 0 bridgehead atoms. The maximum absolute atomic E-state index is 12.6. The van der Waals surface area contributed by atoms with Crippen LogP contribution in [0.15, 0.2) is 28.4 Å². The van der Waals surface area contributed by atoms with E-state index in [9.17, 15) is 14.7 Å². The second kappa shape index (κ2) is 5.92. The molecule has 0 spiro atoms. The number of aromatic nitrogens is 1. The summed E-state index contributed by atoms with van der Waals surface area (Å²) in [5, 5.41) is 11.7. The molecule has 0 saturated carbocycles. The number of carboxylic acids is 1. The number of piperidine rings is 1. The SMILES string of the molecule is CC1CCN(C(=O)c2csc(-c3ccoc3)n2)C(C(=O)O)C1. The number of rotatable bonds is 3. The Morgan fingerprint density at radius 2 is 2.32 bits per heavy atom. The Morgan fingerprint density at radius 1 is 1.50 bits per heavy atom. The van der Waals surface area contributed by atoms with Crippen LogP contribution >= 0.6 is 11.3 Å². The quantitative estimate of drug-likeness (QED) is 0.940. The van der Waals surface area contributed by atoms with Crippen molar-refractivity contribution in [3.05, 3.63) is 29.7 Å². The molecule has 2 aromatic heterocycles. The van der Waals surface area contributed by atoms with Gasteiger partial charge in [-0.15, -0.1) is 11.3 Å². The standard InChI is InChI=1S/C15H16N2O4S/c1-9-2-4-17(12(6-9)15(19)20)14(18)11-8-22-13(16-11)10-3-5-21-7-10/h3,5,7-9,12H,2,4,6H2,1H3,(H,19,20). The van der Waals surface area contributed by atoms with Gasteiger partial charge in [-0.05, 0) is 24.8 Å². The Bertz CT molecular complexity index is 680. The van der Waals surface area contributed by atoms with E-state index in [1.807, 2.05) is 6.92 Å². The zero-order valence-corrected chi connectivity index (χ0v) is 12.9. The summed E-state index contributed by atoms with van der Waals surface area (Å²) in [7, 11) is 0. The van der Waals surface area contributed by atoms with Gasteiger partial charge in [0.2, 0.25) is 0 Å². The Balaban J connectivity index is 1.82. The highest BCUT2D eigenvalue weighted by atomic mass is 32.1. The number of carbonyl (C=O) groups excluding carboxylic acids is 1. The van der Waals surface area contributed by atoms with Crippen LogP contribution in [0.1, 0.15) is 30.3 Å². The molecule has 2 atom stereocenters. The number of furan rings is 1. The molecule has 22 heavy (non-hydrogen) atoms. The molecule has 0 radical (unpaired) electrons. The lowest BCUT2D eigenvalue weighted by atomic mass is 9.92. The summed E-state index contributed by atoms with van der Waals surface area (Å²) in [6.45, 7) is 2.47. The molecule has 1 aliphatic rings. The summed E-state index contributed by atoms with van der Waals surface area (Å²) in [6, 6.07) is 1.01. The Hall–Kier alpha value is -2.15. The number of carbonyl (C=O) groups is 2. The van der Waals surface area contributed by atoms with E-state index in [-0.39, 0.29) is 5.91 Å². The van der Waals surface area contributed by atoms with Gasteiger partial charge in [0.05, 0.1) is 6.26 Å². The first-order valence-corrected chi connectivity index (χ1v) is 7.96. The number of hydrogen-bond acceptors (Lipinski definition) is 5. The predicted molar refractivity (Wildman–Crippen MR) is 80.7 cm³/mol. The summed E-state index contributed by atoms with van der Waals surface area (Å²) < 4.78 is 5.01. The van der Waals surface area contributed by atoms with Crippen LogP contribution in [0.25, 0.3) is 10.6 Å². The fourth-order valence-corrected chi connectivity index (χ4v) is 3.44. The van der Waals surface area contributed by atoms with Crippen molar-refractivity contribution in [1.82, 2.24) is 9.88 Å². The third-order valence-electron chi connectivity index (χ3n) is 3.90. The molecule has 6 nitrogen and oxygen atoms in total. The first-order valence-electron chi connectivity index (χ1n) is 7.08. The number of carboxylic acid groups (broad SMARTS) is 1. The first kappa shape index (κ1) is 14.8. The fraction of sp³-hybridized carbons (Fsp3) is 0.400. The van der Waals surface area contributed by atoms with E-state index in [1.54, 1.807) is 24.0 Å². The molecular weight excluding hydrogens is 304 g/mol. The van der Waals surface area contributed by atoms with Crippen LogP contribution in [0.5, 0.6) is 0 Å². The van der Waals surface area contributed by atoms with Crippen molar-refractivity contribution in [3.63, 3.8) is 0 Å². The largest absolute Gasteiger partial charge is 0.480 e. The summed E-state index contributed by atoms with van der Waals surface area (Å²) in [6.07, 6.45) is 4.41. The van der Waals surface area contributed by atoms with Gasteiger partial charge in [0.15, 0.2) is 0 Å². The van der Waals surface area contributed by atoms with E-state index < -0.39 is 12.0 Å². The van der Waals surface area contributed by atoms with Crippen LogP contribution in [0.2, 0.25) is 0 Å². The Kier molecular flexibility index (Phi) is 3.98. The molecule has 116 valence electrons. The van der Waals surface area contributed by atoms with Gasteiger partial charge in [-0.25, -0.2) is 9.78 Å². The normalized spacial score (nSPS) is 21.8. The molecule has 2 unspecified atom stereocenters. The lowest BCUT2D eigenvalue weighted by Crippen LogP contribution is -2.49.